The van der Waals surface area contributed by atoms with Gasteiger partial charge in [-0.05, 0) is 44.7 Å². The Bertz CT molecular complexity index is 513. The minimum Gasteiger partial charge on any atom is -0.466 e. The van der Waals surface area contributed by atoms with Crippen molar-refractivity contribution >= 4 is 34.9 Å². The molecule has 0 saturated carbocycles. The predicted octanol–water partition coefficient (Wildman–Crippen LogP) is 4.65. The molecule has 0 bridgehead atoms. The molecule has 0 N–H and O–H groups in total. The van der Waals surface area contributed by atoms with Gasteiger partial charge in [0.25, 0.3) is 0 Å². The van der Waals surface area contributed by atoms with Gasteiger partial charge >= 0.3 is 5.97 Å². The first-order valence-electron chi connectivity index (χ1n) is 7.45. The molecule has 0 radical (unpaired) electrons. The number of carbonyl (C=O) groups is 1. The second-order valence-corrected chi connectivity index (χ2v) is 6.08. The summed E-state index contributed by atoms with van der Waals surface area (Å²) in [5, 5.41) is 0.993. The van der Waals surface area contributed by atoms with E-state index in [9.17, 15) is 4.79 Å². The smallest absolute Gasteiger partial charge is 0.313 e. The number of esters is 1. The van der Waals surface area contributed by atoms with Crippen LogP contribution in [0, 0.1) is 0 Å². The quantitative estimate of drug-likeness (QED) is 0.753. The summed E-state index contributed by atoms with van der Waals surface area (Å²) in [6, 6.07) is 3.85. The molecule has 1 aliphatic heterocycles. The molecule has 1 aromatic rings. The minimum absolute atomic E-state index is 0.277. The van der Waals surface area contributed by atoms with E-state index >= 15 is 0 Å². The number of benzene rings is 1. The first kappa shape index (κ1) is 16.4. The Morgan fingerprint density at radius 2 is 1.90 bits per heavy atom. The number of hydrogen-bond donors (Lipinski definition) is 0. The van der Waals surface area contributed by atoms with Crippen molar-refractivity contribution in [1.29, 1.82) is 0 Å². The van der Waals surface area contributed by atoms with E-state index in [1.54, 1.807) is 13.8 Å². The molecule has 116 valence electrons. The SMILES string of the molecule is CCOC(=O)C(C)c1ccc(N2CCCCC2)c(Cl)c1Cl. The Balaban J connectivity index is 2.26. The number of halogens is 2. The number of rotatable bonds is 4. The zero-order valence-electron chi connectivity index (χ0n) is 12.5. The van der Waals surface area contributed by atoms with Crippen LogP contribution in [0.3, 0.4) is 0 Å². The fourth-order valence-electron chi connectivity index (χ4n) is 2.66. The molecule has 21 heavy (non-hydrogen) atoms. The normalized spacial score (nSPS) is 16.7. The predicted molar refractivity (Wildman–Crippen MR) is 87.6 cm³/mol. The summed E-state index contributed by atoms with van der Waals surface area (Å²) in [4.78, 5) is 14.1. The molecule has 3 nitrogen and oxygen atoms in total. The molecule has 1 fully saturated rings. The van der Waals surface area contributed by atoms with Crippen LogP contribution in [0.1, 0.15) is 44.6 Å². The molecule has 0 aromatic heterocycles. The van der Waals surface area contributed by atoms with Crippen molar-refractivity contribution in [3.05, 3.63) is 27.7 Å². The van der Waals surface area contributed by atoms with E-state index < -0.39 is 5.92 Å². The number of anilines is 1. The Labute approximate surface area is 136 Å². The molecule has 2 rings (SSSR count). The maximum Gasteiger partial charge on any atom is 0.313 e. The van der Waals surface area contributed by atoms with Gasteiger partial charge in [0.05, 0.1) is 28.3 Å². The van der Waals surface area contributed by atoms with Gasteiger partial charge < -0.3 is 9.64 Å². The third kappa shape index (κ3) is 3.64. The minimum atomic E-state index is -0.412. The van der Waals surface area contributed by atoms with E-state index in [0.29, 0.717) is 16.7 Å². The fraction of sp³-hybridized carbons (Fsp3) is 0.562. The van der Waals surface area contributed by atoms with E-state index in [0.717, 1.165) is 24.3 Å². The molecule has 0 aliphatic carbocycles. The van der Waals surface area contributed by atoms with Gasteiger partial charge in [0.2, 0.25) is 0 Å². The highest BCUT2D eigenvalue weighted by Crippen LogP contribution is 2.39. The van der Waals surface area contributed by atoms with Gasteiger partial charge in [-0.2, -0.15) is 0 Å². The summed E-state index contributed by atoms with van der Waals surface area (Å²) in [6.45, 7) is 5.95. The fourth-order valence-corrected chi connectivity index (χ4v) is 3.28. The third-order valence-electron chi connectivity index (χ3n) is 3.90. The summed E-state index contributed by atoms with van der Waals surface area (Å²) in [5.41, 5.74) is 1.68. The van der Waals surface area contributed by atoms with Crippen LogP contribution in [0.2, 0.25) is 10.0 Å². The molecule has 0 amide bonds. The van der Waals surface area contributed by atoms with Crippen LogP contribution < -0.4 is 4.90 Å². The molecule has 5 heteroatoms. The Morgan fingerprint density at radius 1 is 1.24 bits per heavy atom. The summed E-state index contributed by atoms with van der Waals surface area (Å²) >= 11 is 12.8. The van der Waals surface area contributed by atoms with Crippen LogP contribution in [0.4, 0.5) is 5.69 Å². The highest BCUT2D eigenvalue weighted by atomic mass is 35.5. The van der Waals surface area contributed by atoms with Crippen LogP contribution in [0.5, 0.6) is 0 Å². The zero-order valence-corrected chi connectivity index (χ0v) is 14.0. The lowest BCUT2D eigenvalue weighted by atomic mass is 10.00. The molecular formula is C16H21Cl2NO2. The van der Waals surface area contributed by atoms with Crippen molar-refractivity contribution in [2.45, 2.75) is 39.0 Å². The van der Waals surface area contributed by atoms with Gasteiger partial charge in [0.15, 0.2) is 0 Å². The molecule has 1 aromatic carbocycles. The van der Waals surface area contributed by atoms with E-state index in [4.69, 9.17) is 27.9 Å². The van der Waals surface area contributed by atoms with Crippen LogP contribution in [0.15, 0.2) is 12.1 Å². The average molecular weight is 330 g/mol. The summed E-state index contributed by atoms with van der Waals surface area (Å²) in [5.74, 6) is -0.688. The van der Waals surface area contributed by atoms with E-state index in [2.05, 4.69) is 4.90 Å². The highest BCUT2D eigenvalue weighted by Gasteiger charge is 2.23. The number of hydrogen-bond acceptors (Lipinski definition) is 3. The van der Waals surface area contributed by atoms with E-state index in [1.807, 2.05) is 12.1 Å². The Morgan fingerprint density at radius 3 is 2.52 bits per heavy atom. The number of carbonyl (C=O) groups excluding carboxylic acids is 1. The lowest BCUT2D eigenvalue weighted by molar-refractivity contribution is -0.144. The summed E-state index contributed by atoms with van der Waals surface area (Å²) in [6.07, 6.45) is 3.61. The zero-order chi connectivity index (χ0) is 15.4. The number of piperidine rings is 1. The van der Waals surface area contributed by atoms with E-state index in [-0.39, 0.29) is 5.97 Å². The van der Waals surface area contributed by atoms with Crippen LogP contribution >= 0.6 is 23.2 Å². The molecule has 1 unspecified atom stereocenters. The van der Waals surface area contributed by atoms with Gasteiger partial charge in [-0.3, -0.25) is 4.79 Å². The second-order valence-electron chi connectivity index (χ2n) is 5.32. The van der Waals surface area contributed by atoms with Gasteiger partial charge in [0.1, 0.15) is 0 Å². The molecular weight excluding hydrogens is 309 g/mol. The average Bonchev–Trinajstić information content (AvgIpc) is 2.50. The van der Waals surface area contributed by atoms with Crippen molar-refractivity contribution < 1.29 is 9.53 Å². The molecule has 1 aliphatic rings. The lowest BCUT2D eigenvalue weighted by Crippen LogP contribution is -2.29. The second kappa shape index (κ2) is 7.37. The van der Waals surface area contributed by atoms with Crippen molar-refractivity contribution in [1.82, 2.24) is 0 Å². The summed E-state index contributed by atoms with van der Waals surface area (Å²) < 4.78 is 5.05. The van der Waals surface area contributed by atoms with Crippen molar-refractivity contribution in [3.8, 4) is 0 Å². The van der Waals surface area contributed by atoms with Gasteiger partial charge in [0, 0.05) is 13.1 Å². The Hall–Kier alpha value is -0.930. The van der Waals surface area contributed by atoms with Crippen molar-refractivity contribution in [3.63, 3.8) is 0 Å². The maximum absolute atomic E-state index is 11.9. The van der Waals surface area contributed by atoms with Gasteiger partial charge in [-0.15, -0.1) is 0 Å². The Kier molecular flexibility index (Phi) is 5.77. The van der Waals surface area contributed by atoms with Crippen LogP contribution in [-0.4, -0.2) is 25.7 Å². The number of nitrogens with zero attached hydrogens (tertiary/aromatic N) is 1. The lowest BCUT2D eigenvalue weighted by Gasteiger charge is -2.30. The van der Waals surface area contributed by atoms with Gasteiger partial charge in [-0.25, -0.2) is 0 Å². The molecule has 1 atom stereocenters. The first-order valence-corrected chi connectivity index (χ1v) is 8.21. The maximum atomic E-state index is 11.9. The topological polar surface area (TPSA) is 29.5 Å². The molecule has 1 heterocycles. The van der Waals surface area contributed by atoms with Crippen LogP contribution in [0.25, 0.3) is 0 Å². The molecule has 0 spiro atoms. The molecule has 1 saturated heterocycles. The monoisotopic (exact) mass is 329 g/mol. The largest absolute Gasteiger partial charge is 0.466 e. The van der Waals surface area contributed by atoms with Crippen molar-refractivity contribution in [2.75, 3.05) is 24.6 Å². The van der Waals surface area contributed by atoms with E-state index in [1.165, 1.54) is 19.3 Å². The van der Waals surface area contributed by atoms with Crippen LogP contribution in [-0.2, 0) is 9.53 Å². The van der Waals surface area contributed by atoms with Gasteiger partial charge in [-0.1, -0.05) is 29.3 Å². The first-order chi connectivity index (χ1) is 10.1. The van der Waals surface area contributed by atoms with Crippen molar-refractivity contribution in [2.24, 2.45) is 0 Å². The summed E-state index contributed by atoms with van der Waals surface area (Å²) in [7, 11) is 0. The highest BCUT2D eigenvalue weighted by molar-refractivity contribution is 6.44. The standard InChI is InChI=1S/C16H21Cl2NO2/c1-3-21-16(20)11(2)12-7-8-13(15(18)14(12)17)19-9-5-4-6-10-19/h7-8,11H,3-6,9-10H2,1-2H3. The third-order valence-corrected chi connectivity index (χ3v) is 4.78. The number of ether oxygens (including phenoxy) is 1.